The Morgan fingerprint density at radius 1 is 0.963 bits per heavy atom. The Balaban J connectivity index is 1.52. The van der Waals surface area contributed by atoms with Crippen LogP contribution in [0.5, 0.6) is 0 Å². The van der Waals surface area contributed by atoms with Crippen LogP contribution >= 0.6 is 0 Å². The van der Waals surface area contributed by atoms with Gasteiger partial charge in [0.15, 0.2) is 16.2 Å². The van der Waals surface area contributed by atoms with Crippen LogP contribution in [0.25, 0.3) is 0 Å². The maximum absolute atomic E-state index is 12.3. The molecule has 27 heavy (non-hydrogen) atoms. The van der Waals surface area contributed by atoms with Crippen molar-refractivity contribution >= 4 is 21.6 Å². The van der Waals surface area contributed by atoms with E-state index in [1.54, 1.807) is 36.4 Å². The quantitative estimate of drug-likeness (QED) is 0.651. The normalized spacial score (nSPS) is 11.1. The van der Waals surface area contributed by atoms with Gasteiger partial charge in [0.2, 0.25) is 0 Å². The number of oxazole rings is 1. The number of carbonyl (C=O) groups is 1. The van der Waals surface area contributed by atoms with E-state index < -0.39 is 15.9 Å². The molecule has 0 saturated carbocycles. The van der Waals surface area contributed by atoms with Crippen LogP contribution in [-0.2, 0) is 27.9 Å². The van der Waals surface area contributed by atoms with Crippen LogP contribution in [0.3, 0.4) is 0 Å². The van der Waals surface area contributed by atoms with Crippen molar-refractivity contribution in [1.29, 1.82) is 0 Å². The van der Waals surface area contributed by atoms with Gasteiger partial charge in [-0.1, -0.05) is 42.5 Å². The molecule has 0 atom stereocenters. The minimum absolute atomic E-state index is 0.00210. The van der Waals surface area contributed by atoms with Gasteiger partial charge in [0, 0.05) is 5.69 Å². The van der Waals surface area contributed by atoms with E-state index in [0.717, 1.165) is 5.56 Å². The first-order valence-corrected chi connectivity index (χ1v) is 10.1. The zero-order valence-corrected chi connectivity index (χ0v) is 15.3. The number of carbonyl (C=O) groups excluding carboxylic acids is 1. The summed E-state index contributed by atoms with van der Waals surface area (Å²) in [6, 6.07) is 15.4. The van der Waals surface area contributed by atoms with E-state index in [1.807, 2.05) is 18.2 Å². The summed E-state index contributed by atoms with van der Waals surface area (Å²) in [4.78, 5) is 15.6. The summed E-state index contributed by atoms with van der Waals surface area (Å²) in [5.74, 6) is 0.488. The molecular formula is C19H19N3O4S. The van der Waals surface area contributed by atoms with Crippen molar-refractivity contribution in [2.45, 2.75) is 18.1 Å². The predicted octanol–water partition coefficient (Wildman–Crippen LogP) is 3.11. The molecule has 140 valence electrons. The van der Waals surface area contributed by atoms with E-state index in [9.17, 15) is 13.2 Å². The molecule has 0 fully saturated rings. The summed E-state index contributed by atoms with van der Waals surface area (Å²) in [7, 11) is -3.27. The monoisotopic (exact) mass is 385 g/mol. The van der Waals surface area contributed by atoms with E-state index in [4.69, 9.17) is 4.42 Å². The molecule has 0 unspecified atom stereocenters. The Hall–Kier alpha value is -3.13. The lowest BCUT2D eigenvalue weighted by Crippen LogP contribution is -2.27. The zero-order valence-electron chi connectivity index (χ0n) is 14.5. The van der Waals surface area contributed by atoms with Crippen molar-refractivity contribution in [2.24, 2.45) is 0 Å². The number of anilines is 1. The highest BCUT2D eigenvalue weighted by atomic mass is 32.2. The number of nitrogens with one attached hydrogen (secondary N) is 2. The Bertz CT molecular complexity index is 970. The average Bonchev–Trinajstić information content (AvgIpc) is 3.15. The van der Waals surface area contributed by atoms with Gasteiger partial charge in [0.25, 0.3) is 0 Å². The number of hydrogen-bond acceptors (Lipinski definition) is 5. The molecular weight excluding hydrogens is 366 g/mol. The highest BCUT2D eigenvalue weighted by Crippen LogP contribution is 2.15. The molecule has 0 aliphatic heterocycles. The number of urea groups is 1. The number of aromatic nitrogens is 1. The highest BCUT2D eigenvalue weighted by molar-refractivity contribution is 7.89. The fourth-order valence-electron chi connectivity index (χ4n) is 2.49. The molecule has 2 aromatic carbocycles. The van der Waals surface area contributed by atoms with Crippen LogP contribution in [0.1, 0.15) is 16.9 Å². The minimum atomic E-state index is -3.27. The fraction of sp³-hybridized carbons (Fsp3) is 0.158. The van der Waals surface area contributed by atoms with Crippen LogP contribution in [0.4, 0.5) is 10.5 Å². The van der Waals surface area contributed by atoms with Gasteiger partial charge in [-0.15, -0.1) is 0 Å². The third kappa shape index (κ3) is 5.96. The van der Waals surface area contributed by atoms with Crippen molar-refractivity contribution in [3.05, 3.63) is 84.1 Å². The summed E-state index contributed by atoms with van der Waals surface area (Å²) >= 11 is 0. The fourth-order valence-corrected chi connectivity index (χ4v) is 3.99. The molecule has 0 aliphatic rings. The first-order chi connectivity index (χ1) is 13.0. The van der Waals surface area contributed by atoms with Crippen molar-refractivity contribution in [1.82, 2.24) is 10.3 Å². The number of amides is 2. The number of benzene rings is 2. The molecule has 0 aliphatic carbocycles. The Kier molecular flexibility index (Phi) is 5.87. The number of nitrogens with zero attached hydrogens (tertiary/aromatic N) is 1. The molecule has 0 bridgehead atoms. The lowest BCUT2D eigenvalue weighted by atomic mass is 10.2. The largest absolute Gasteiger partial charge is 0.447 e. The van der Waals surface area contributed by atoms with E-state index in [1.165, 1.54) is 12.6 Å². The molecule has 0 spiro atoms. The van der Waals surface area contributed by atoms with Crippen LogP contribution in [0, 0.1) is 0 Å². The Morgan fingerprint density at radius 3 is 2.26 bits per heavy atom. The maximum Gasteiger partial charge on any atom is 0.319 e. The predicted molar refractivity (Wildman–Crippen MR) is 102 cm³/mol. The van der Waals surface area contributed by atoms with Gasteiger partial charge in [0.1, 0.15) is 5.76 Å². The topological polar surface area (TPSA) is 101 Å². The molecule has 1 heterocycles. The van der Waals surface area contributed by atoms with E-state index in [-0.39, 0.29) is 18.1 Å². The third-order valence-electron chi connectivity index (χ3n) is 3.73. The molecule has 1 aromatic heterocycles. The third-order valence-corrected chi connectivity index (χ3v) is 5.28. The summed E-state index contributed by atoms with van der Waals surface area (Å²) in [6.07, 6.45) is 2.81. The van der Waals surface area contributed by atoms with E-state index in [2.05, 4.69) is 15.6 Å². The molecule has 8 heteroatoms. The van der Waals surface area contributed by atoms with Gasteiger partial charge in [0.05, 0.1) is 24.2 Å². The van der Waals surface area contributed by atoms with Gasteiger partial charge < -0.3 is 15.1 Å². The zero-order chi connectivity index (χ0) is 19.1. The summed E-state index contributed by atoms with van der Waals surface area (Å²) in [5.41, 5.74) is 1.99. The van der Waals surface area contributed by atoms with Crippen LogP contribution < -0.4 is 10.6 Å². The second-order valence-electron chi connectivity index (χ2n) is 5.99. The number of hydrogen-bond donors (Lipinski definition) is 2. The maximum atomic E-state index is 12.3. The van der Waals surface area contributed by atoms with Crippen molar-refractivity contribution in [2.75, 3.05) is 5.32 Å². The lowest BCUT2D eigenvalue weighted by molar-refractivity contribution is 0.251. The molecule has 3 rings (SSSR count). The first kappa shape index (κ1) is 18.7. The standard InChI is InChI=1S/C19H19N3O4S/c23-19(21-11-18-10-20-14-26-18)22-17-8-6-16(7-9-17)13-27(24,25)12-15-4-2-1-3-5-15/h1-10,14H,11-13H2,(H2,21,22,23). The van der Waals surface area contributed by atoms with Crippen molar-refractivity contribution < 1.29 is 17.6 Å². The molecule has 2 amide bonds. The van der Waals surface area contributed by atoms with Crippen molar-refractivity contribution in [3.63, 3.8) is 0 Å². The number of sulfone groups is 1. The second kappa shape index (κ2) is 8.50. The van der Waals surface area contributed by atoms with Gasteiger partial charge in [-0.25, -0.2) is 18.2 Å². The molecule has 0 saturated heterocycles. The van der Waals surface area contributed by atoms with Gasteiger partial charge in [-0.2, -0.15) is 0 Å². The molecule has 3 aromatic rings. The summed E-state index contributed by atoms with van der Waals surface area (Å²) in [5, 5.41) is 5.31. The lowest BCUT2D eigenvalue weighted by Gasteiger charge is -2.08. The van der Waals surface area contributed by atoms with Crippen LogP contribution in [0.15, 0.2) is 71.6 Å². The average molecular weight is 385 g/mol. The van der Waals surface area contributed by atoms with E-state index in [0.29, 0.717) is 17.0 Å². The first-order valence-electron chi connectivity index (χ1n) is 8.26. The van der Waals surface area contributed by atoms with E-state index >= 15 is 0 Å². The smallest absolute Gasteiger partial charge is 0.319 e. The van der Waals surface area contributed by atoms with Crippen molar-refractivity contribution in [3.8, 4) is 0 Å². The van der Waals surface area contributed by atoms with Gasteiger partial charge in [-0.05, 0) is 23.3 Å². The highest BCUT2D eigenvalue weighted by Gasteiger charge is 2.13. The summed E-state index contributed by atoms with van der Waals surface area (Å²) in [6.45, 7) is 0.224. The molecule has 7 nitrogen and oxygen atoms in total. The Labute approximate surface area is 157 Å². The second-order valence-corrected chi connectivity index (χ2v) is 8.05. The molecule has 2 N–H and O–H groups in total. The Morgan fingerprint density at radius 2 is 1.63 bits per heavy atom. The van der Waals surface area contributed by atoms with Crippen LogP contribution in [0.2, 0.25) is 0 Å². The minimum Gasteiger partial charge on any atom is -0.447 e. The van der Waals surface area contributed by atoms with Crippen LogP contribution in [-0.4, -0.2) is 19.4 Å². The van der Waals surface area contributed by atoms with Gasteiger partial charge >= 0.3 is 6.03 Å². The molecule has 0 radical (unpaired) electrons. The summed E-state index contributed by atoms with van der Waals surface area (Å²) < 4.78 is 29.7. The van der Waals surface area contributed by atoms with Gasteiger partial charge in [-0.3, -0.25) is 0 Å². The number of rotatable bonds is 7. The SMILES string of the molecule is O=C(NCc1cnco1)Nc1ccc(CS(=O)(=O)Cc2ccccc2)cc1.